The van der Waals surface area contributed by atoms with Crippen molar-refractivity contribution in [3.63, 3.8) is 0 Å². The van der Waals surface area contributed by atoms with Crippen molar-refractivity contribution in [1.82, 2.24) is 0 Å². The van der Waals surface area contributed by atoms with Gasteiger partial charge < -0.3 is 0 Å². The Morgan fingerprint density at radius 2 is 2.18 bits per heavy atom. The molecule has 0 heterocycles. The van der Waals surface area contributed by atoms with Gasteiger partial charge in [0.15, 0.2) is 0 Å². The highest BCUT2D eigenvalue weighted by molar-refractivity contribution is 5.52. The largest absolute Gasteiger partial charge is 0.0985 e. The van der Waals surface area contributed by atoms with Crippen LogP contribution in [0.2, 0.25) is 0 Å². The predicted octanol–water partition coefficient (Wildman–Crippen LogP) is 3.20. The van der Waals surface area contributed by atoms with Gasteiger partial charge in [0, 0.05) is 0 Å². The normalized spacial score (nSPS) is 9.64. The quantitative estimate of drug-likeness (QED) is 0.601. The van der Waals surface area contributed by atoms with Gasteiger partial charge >= 0.3 is 0 Å². The second-order valence-corrected chi connectivity index (χ2v) is 2.76. The number of rotatable bonds is 2. The van der Waals surface area contributed by atoms with E-state index in [9.17, 15) is 0 Å². The Labute approximate surface area is 68.6 Å². The van der Waals surface area contributed by atoms with E-state index in [0.29, 0.717) is 0 Å². The smallest absolute Gasteiger partial charge is 0.0230 e. The molecule has 0 aliphatic heterocycles. The summed E-state index contributed by atoms with van der Waals surface area (Å²) in [6.07, 6.45) is 3.00. The zero-order valence-electron chi connectivity index (χ0n) is 7.22. The second kappa shape index (κ2) is 3.38. The fourth-order valence-corrected chi connectivity index (χ4v) is 1.24. The lowest BCUT2D eigenvalue weighted by Gasteiger charge is -2.03. The highest BCUT2D eigenvalue weighted by Gasteiger charge is 1.95. The van der Waals surface area contributed by atoms with Gasteiger partial charge in [-0.3, -0.25) is 0 Å². The fourth-order valence-electron chi connectivity index (χ4n) is 1.24. The van der Waals surface area contributed by atoms with Crippen molar-refractivity contribution in [2.24, 2.45) is 0 Å². The highest BCUT2D eigenvalue weighted by atomic mass is 14.0. The van der Waals surface area contributed by atoms with Crippen molar-refractivity contribution in [3.8, 4) is 0 Å². The Kier molecular flexibility index (Phi) is 2.48. The third kappa shape index (κ3) is 1.70. The van der Waals surface area contributed by atoms with Gasteiger partial charge in [0.05, 0.1) is 0 Å². The molecule has 0 saturated heterocycles. The molecule has 0 bridgehead atoms. The topological polar surface area (TPSA) is 0 Å². The van der Waals surface area contributed by atoms with Crippen molar-refractivity contribution in [2.45, 2.75) is 20.3 Å². The maximum Gasteiger partial charge on any atom is -0.0230 e. The first-order valence-corrected chi connectivity index (χ1v) is 4.00. The van der Waals surface area contributed by atoms with Crippen LogP contribution in [0, 0.1) is 6.92 Å². The Hall–Kier alpha value is -1.04. The van der Waals surface area contributed by atoms with Crippen LogP contribution in [0.5, 0.6) is 0 Å². The molecule has 1 aromatic rings. The Morgan fingerprint density at radius 1 is 1.45 bits per heavy atom. The monoisotopic (exact) mass is 146 g/mol. The molecule has 1 aromatic carbocycles. The van der Waals surface area contributed by atoms with Crippen LogP contribution in [-0.2, 0) is 6.42 Å². The van der Waals surface area contributed by atoms with E-state index >= 15 is 0 Å². The van der Waals surface area contributed by atoms with E-state index in [1.807, 2.05) is 6.08 Å². The fraction of sp³-hybridized carbons (Fsp3) is 0.273. The molecule has 0 amide bonds. The Bertz CT molecular complexity index is 259. The summed E-state index contributed by atoms with van der Waals surface area (Å²) >= 11 is 0. The molecule has 0 N–H and O–H groups in total. The molecule has 0 spiro atoms. The molecular weight excluding hydrogens is 132 g/mol. The van der Waals surface area contributed by atoms with Gasteiger partial charge in [-0.15, -0.1) is 0 Å². The summed E-state index contributed by atoms with van der Waals surface area (Å²) in [6, 6.07) is 6.47. The summed E-state index contributed by atoms with van der Waals surface area (Å²) in [4.78, 5) is 0. The molecule has 0 heteroatoms. The Morgan fingerprint density at radius 3 is 2.73 bits per heavy atom. The van der Waals surface area contributed by atoms with Crippen LogP contribution in [0.4, 0.5) is 0 Å². The number of benzene rings is 1. The highest BCUT2D eigenvalue weighted by Crippen LogP contribution is 2.12. The van der Waals surface area contributed by atoms with Crippen molar-refractivity contribution >= 4 is 6.08 Å². The minimum atomic E-state index is 1.09. The van der Waals surface area contributed by atoms with Gasteiger partial charge in [-0.25, -0.2) is 0 Å². The molecule has 58 valence electrons. The molecular formula is C11H14. The molecule has 0 aliphatic rings. The van der Waals surface area contributed by atoms with Crippen molar-refractivity contribution in [1.29, 1.82) is 0 Å². The zero-order valence-corrected chi connectivity index (χ0v) is 7.22. The molecule has 11 heavy (non-hydrogen) atoms. The van der Waals surface area contributed by atoms with Crippen LogP contribution in [-0.4, -0.2) is 0 Å². The first-order chi connectivity index (χ1) is 5.27. The molecule has 0 saturated carbocycles. The summed E-state index contributed by atoms with van der Waals surface area (Å²) in [5, 5.41) is 0. The van der Waals surface area contributed by atoms with Crippen molar-refractivity contribution in [2.75, 3.05) is 0 Å². The third-order valence-corrected chi connectivity index (χ3v) is 1.90. The summed E-state index contributed by atoms with van der Waals surface area (Å²) in [5.41, 5.74) is 3.98. The van der Waals surface area contributed by atoms with Gasteiger partial charge in [0.2, 0.25) is 0 Å². The molecule has 0 aromatic heterocycles. The van der Waals surface area contributed by atoms with Crippen LogP contribution >= 0.6 is 0 Å². The molecule has 0 nitrogen and oxygen atoms in total. The second-order valence-electron chi connectivity index (χ2n) is 2.76. The molecule has 0 radical (unpaired) electrons. The summed E-state index contributed by atoms with van der Waals surface area (Å²) in [5.74, 6) is 0. The van der Waals surface area contributed by atoms with Gasteiger partial charge in [-0.1, -0.05) is 43.3 Å². The average Bonchev–Trinajstić information content (AvgIpc) is 2.04. The van der Waals surface area contributed by atoms with Crippen LogP contribution < -0.4 is 0 Å². The number of hydrogen-bond acceptors (Lipinski definition) is 0. The van der Waals surface area contributed by atoms with E-state index in [-0.39, 0.29) is 0 Å². The maximum absolute atomic E-state index is 3.77. The first kappa shape index (κ1) is 8.06. The van der Waals surface area contributed by atoms with Crippen LogP contribution in [0.25, 0.3) is 6.08 Å². The summed E-state index contributed by atoms with van der Waals surface area (Å²) in [7, 11) is 0. The first-order valence-electron chi connectivity index (χ1n) is 4.00. The predicted molar refractivity (Wildman–Crippen MR) is 50.6 cm³/mol. The van der Waals surface area contributed by atoms with Gasteiger partial charge in [0.25, 0.3) is 0 Å². The van der Waals surface area contributed by atoms with Gasteiger partial charge in [-0.05, 0) is 24.5 Å². The van der Waals surface area contributed by atoms with Crippen LogP contribution in [0.1, 0.15) is 23.6 Å². The molecule has 0 atom stereocenters. The van der Waals surface area contributed by atoms with E-state index in [1.54, 1.807) is 0 Å². The van der Waals surface area contributed by atoms with E-state index in [0.717, 1.165) is 6.42 Å². The minimum Gasteiger partial charge on any atom is -0.0985 e. The average molecular weight is 146 g/mol. The van der Waals surface area contributed by atoms with Crippen molar-refractivity contribution < 1.29 is 0 Å². The molecule has 1 rings (SSSR count). The SMILES string of the molecule is C=Cc1ccc(C)cc1CC. The lowest BCUT2D eigenvalue weighted by Crippen LogP contribution is -1.86. The summed E-state index contributed by atoms with van der Waals surface area (Å²) < 4.78 is 0. The van der Waals surface area contributed by atoms with Crippen LogP contribution in [0.3, 0.4) is 0 Å². The van der Waals surface area contributed by atoms with Crippen molar-refractivity contribution in [3.05, 3.63) is 41.5 Å². The van der Waals surface area contributed by atoms with Gasteiger partial charge in [0.1, 0.15) is 0 Å². The third-order valence-electron chi connectivity index (χ3n) is 1.90. The Balaban J connectivity index is 3.16. The number of aryl methyl sites for hydroxylation is 2. The molecule has 0 unspecified atom stereocenters. The molecule has 0 fully saturated rings. The van der Waals surface area contributed by atoms with Gasteiger partial charge in [-0.2, -0.15) is 0 Å². The minimum absolute atomic E-state index is 1.09. The zero-order chi connectivity index (χ0) is 8.27. The van der Waals surface area contributed by atoms with E-state index in [4.69, 9.17) is 0 Å². The van der Waals surface area contributed by atoms with E-state index < -0.39 is 0 Å². The van der Waals surface area contributed by atoms with E-state index in [2.05, 4.69) is 38.6 Å². The lowest BCUT2D eigenvalue weighted by atomic mass is 10.0. The number of hydrogen-bond donors (Lipinski definition) is 0. The van der Waals surface area contributed by atoms with Crippen LogP contribution in [0.15, 0.2) is 24.8 Å². The standard InChI is InChI=1S/C11H14/c1-4-10-7-6-9(3)8-11(10)5-2/h4,6-8H,1,5H2,2-3H3. The maximum atomic E-state index is 3.77. The lowest BCUT2D eigenvalue weighted by molar-refractivity contribution is 1.12. The summed E-state index contributed by atoms with van der Waals surface area (Å²) in [6.45, 7) is 8.05. The molecule has 0 aliphatic carbocycles. The van der Waals surface area contributed by atoms with E-state index in [1.165, 1.54) is 16.7 Å².